The fourth-order valence-corrected chi connectivity index (χ4v) is 3.38. The lowest BCUT2D eigenvalue weighted by Crippen LogP contribution is -2.44. The fraction of sp³-hybridized carbons (Fsp3) is 0.625. The summed E-state index contributed by atoms with van der Waals surface area (Å²) in [6.45, 7) is 1.10. The molecule has 1 aliphatic carbocycles. The van der Waals surface area contributed by atoms with E-state index in [1.807, 2.05) is 7.11 Å². The van der Waals surface area contributed by atoms with Crippen LogP contribution in [0.1, 0.15) is 31.2 Å². The first-order valence-electron chi connectivity index (χ1n) is 6.94. The molecule has 0 saturated heterocycles. The number of benzene rings is 1. The highest BCUT2D eigenvalue weighted by Crippen LogP contribution is 2.44. The predicted octanol–water partition coefficient (Wildman–Crippen LogP) is 3.28. The number of hydrogen-bond donors (Lipinski definition) is 0. The topological polar surface area (TPSA) is 12.5 Å². The molecule has 0 unspecified atom stereocenters. The van der Waals surface area contributed by atoms with Crippen molar-refractivity contribution < 1.29 is 4.74 Å². The summed E-state index contributed by atoms with van der Waals surface area (Å²) < 4.78 is 6.05. The van der Waals surface area contributed by atoms with Crippen LogP contribution in [0.25, 0.3) is 0 Å². The number of methoxy groups -OCH3 is 1. The van der Waals surface area contributed by atoms with Crippen molar-refractivity contribution in [2.24, 2.45) is 5.92 Å². The molecule has 2 heteroatoms. The van der Waals surface area contributed by atoms with Crippen molar-refractivity contribution in [3.63, 3.8) is 0 Å². The summed E-state index contributed by atoms with van der Waals surface area (Å²) >= 11 is 0. The molecular formula is C16H25NO. The first-order chi connectivity index (χ1) is 8.69. The Hall–Kier alpha value is -0.860. The van der Waals surface area contributed by atoms with Crippen molar-refractivity contribution in [1.29, 1.82) is 0 Å². The van der Waals surface area contributed by atoms with Crippen LogP contribution < -0.4 is 0 Å². The third kappa shape index (κ3) is 2.60. The second-order valence-corrected chi connectivity index (χ2v) is 5.66. The Kier molecular flexibility index (Phi) is 4.41. The predicted molar refractivity (Wildman–Crippen MR) is 75.6 cm³/mol. The van der Waals surface area contributed by atoms with Gasteiger partial charge >= 0.3 is 0 Å². The molecule has 1 aromatic rings. The zero-order chi connectivity index (χ0) is 13.0. The Morgan fingerprint density at radius 1 is 1.22 bits per heavy atom. The third-order valence-corrected chi connectivity index (χ3v) is 4.22. The average Bonchev–Trinajstić information content (AvgIpc) is 2.40. The molecule has 2 rings (SSSR count). The molecule has 1 fully saturated rings. The van der Waals surface area contributed by atoms with Crippen molar-refractivity contribution in [1.82, 2.24) is 4.90 Å². The molecule has 100 valence electrons. The van der Waals surface area contributed by atoms with Gasteiger partial charge in [0.1, 0.15) is 0 Å². The number of hydrogen-bond acceptors (Lipinski definition) is 2. The lowest BCUT2D eigenvalue weighted by atomic mass is 9.71. The molecular weight excluding hydrogens is 222 g/mol. The summed E-state index contributed by atoms with van der Waals surface area (Å²) in [5, 5.41) is 0. The van der Waals surface area contributed by atoms with E-state index in [2.05, 4.69) is 49.3 Å². The van der Waals surface area contributed by atoms with E-state index < -0.39 is 0 Å². The second kappa shape index (κ2) is 5.85. The molecule has 0 aromatic heterocycles. The Morgan fingerprint density at radius 2 is 1.94 bits per heavy atom. The molecule has 0 N–H and O–H groups in total. The van der Waals surface area contributed by atoms with Gasteiger partial charge in [0.25, 0.3) is 0 Å². The van der Waals surface area contributed by atoms with Crippen LogP contribution in [0.2, 0.25) is 0 Å². The largest absolute Gasteiger partial charge is 0.373 e. The minimum Gasteiger partial charge on any atom is -0.373 e. The zero-order valence-corrected chi connectivity index (χ0v) is 11.9. The fourth-order valence-electron chi connectivity index (χ4n) is 3.38. The summed E-state index contributed by atoms with van der Waals surface area (Å²) in [5.41, 5.74) is 1.27. The normalized spacial score (nSPS) is 28.6. The number of nitrogens with zero attached hydrogens (tertiary/aromatic N) is 1. The van der Waals surface area contributed by atoms with E-state index in [0.29, 0.717) is 5.92 Å². The van der Waals surface area contributed by atoms with E-state index in [9.17, 15) is 0 Å². The lowest BCUT2D eigenvalue weighted by Gasteiger charge is -2.44. The molecule has 0 aliphatic heterocycles. The SMILES string of the molecule is CO[C@]1(c2ccccc2)CCCC[C@@H]1CN(C)C. The van der Waals surface area contributed by atoms with Crippen LogP contribution in [0.3, 0.4) is 0 Å². The van der Waals surface area contributed by atoms with Gasteiger partial charge in [-0.15, -0.1) is 0 Å². The van der Waals surface area contributed by atoms with Gasteiger partial charge in [0.15, 0.2) is 0 Å². The highest BCUT2D eigenvalue weighted by atomic mass is 16.5. The van der Waals surface area contributed by atoms with E-state index in [4.69, 9.17) is 4.74 Å². The van der Waals surface area contributed by atoms with Crippen molar-refractivity contribution >= 4 is 0 Å². The highest BCUT2D eigenvalue weighted by molar-refractivity contribution is 5.24. The number of ether oxygens (including phenoxy) is 1. The maximum Gasteiger partial charge on any atom is 0.0967 e. The first-order valence-corrected chi connectivity index (χ1v) is 6.94. The molecule has 18 heavy (non-hydrogen) atoms. The van der Waals surface area contributed by atoms with Gasteiger partial charge in [-0.2, -0.15) is 0 Å². The van der Waals surface area contributed by atoms with Crippen LogP contribution in [0.5, 0.6) is 0 Å². The van der Waals surface area contributed by atoms with Crippen LogP contribution in [0, 0.1) is 5.92 Å². The first kappa shape index (κ1) is 13.6. The third-order valence-electron chi connectivity index (χ3n) is 4.22. The van der Waals surface area contributed by atoms with Crippen LogP contribution >= 0.6 is 0 Å². The molecule has 1 saturated carbocycles. The monoisotopic (exact) mass is 247 g/mol. The van der Waals surface area contributed by atoms with Gasteiger partial charge < -0.3 is 9.64 Å². The van der Waals surface area contributed by atoms with Crippen molar-refractivity contribution in [3.05, 3.63) is 35.9 Å². The lowest BCUT2D eigenvalue weighted by molar-refractivity contribution is -0.0951. The Morgan fingerprint density at radius 3 is 2.56 bits per heavy atom. The average molecular weight is 247 g/mol. The Balaban J connectivity index is 2.32. The summed E-state index contributed by atoms with van der Waals surface area (Å²) in [6, 6.07) is 10.8. The summed E-state index contributed by atoms with van der Waals surface area (Å²) in [4.78, 5) is 2.28. The van der Waals surface area contributed by atoms with E-state index in [1.54, 1.807) is 0 Å². The molecule has 0 radical (unpaired) electrons. The molecule has 1 aliphatic rings. The molecule has 2 atom stereocenters. The van der Waals surface area contributed by atoms with Gasteiger partial charge in [-0.1, -0.05) is 43.2 Å². The molecule has 0 heterocycles. The van der Waals surface area contributed by atoms with Gasteiger partial charge in [-0.3, -0.25) is 0 Å². The molecule has 0 spiro atoms. The second-order valence-electron chi connectivity index (χ2n) is 5.66. The van der Waals surface area contributed by atoms with Gasteiger partial charge in [0.2, 0.25) is 0 Å². The molecule has 0 amide bonds. The molecule has 2 nitrogen and oxygen atoms in total. The summed E-state index contributed by atoms with van der Waals surface area (Å²) in [5.74, 6) is 0.591. The quantitative estimate of drug-likeness (QED) is 0.809. The minimum atomic E-state index is -0.0796. The van der Waals surface area contributed by atoms with E-state index in [1.165, 1.54) is 24.8 Å². The number of rotatable bonds is 4. The van der Waals surface area contributed by atoms with E-state index >= 15 is 0 Å². The van der Waals surface area contributed by atoms with Gasteiger partial charge in [0.05, 0.1) is 5.60 Å². The molecule has 1 aromatic carbocycles. The van der Waals surface area contributed by atoms with Crippen molar-refractivity contribution in [3.8, 4) is 0 Å². The summed E-state index contributed by atoms with van der Waals surface area (Å²) in [6.07, 6.45) is 5.01. The van der Waals surface area contributed by atoms with Crippen LogP contribution in [-0.4, -0.2) is 32.6 Å². The molecule has 0 bridgehead atoms. The Labute approximate surface area is 111 Å². The van der Waals surface area contributed by atoms with Gasteiger partial charge in [-0.05, 0) is 32.5 Å². The van der Waals surface area contributed by atoms with Gasteiger partial charge in [-0.25, -0.2) is 0 Å². The smallest absolute Gasteiger partial charge is 0.0967 e. The standard InChI is InChI=1S/C16H25NO/c1-17(2)13-15-11-7-8-12-16(15,18-3)14-9-5-4-6-10-14/h4-6,9-10,15H,7-8,11-13H2,1-3H3/t15-,16+/m1/s1. The van der Waals surface area contributed by atoms with Crippen LogP contribution in [0.15, 0.2) is 30.3 Å². The zero-order valence-electron chi connectivity index (χ0n) is 11.9. The highest BCUT2D eigenvalue weighted by Gasteiger charge is 2.42. The maximum atomic E-state index is 6.05. The van der Waals surface area contributed by atoms with Crippen LogP contribution in [-0.2, 0) is 10.3 Å². The van der Waals surface area contributed by atoms with Crippen molar-refractivity contribution in [2.45, 2.75) is 31.3 Å². The maximum absolute atomic E-state index is 6.05. The van der Waals surface area contributed by atoms with Gasteiger partial charge in [0, 0.05) is 19.6 Å². The van der Waals surface area contributed by atoms with E-state index in [-0.39, 0.29) is 5.60 Å². The Bertz CT molecular complexity index is 363. The van der Waals surface area contributed by atoms with Crippen molar-refractivity contribution in [2.75, 3.05) is 27.7 Å². The van der Waals surface area contributed by atoms with E-state index in [0.717, 1.165) is 13.0 Å². The minimum absolute atomic E-state index is 0.0796. The summed E-state index contributed by atoms with van der Waals surface area (Å²) in [7, 11) is 6.18. The van der Waals surface area contributed by atoms with Crippen LogP contribution in [0.4, 0.5) is 0 Å².